The number of carbonyl (C=O) groups is 2. The van der Waals surface area contributed by atoms with E-state index < -0.39 is 5.97 Å². The smallest absolute Gasteiger partial charge is 0.344 e. The molecule has 0 spiro atoms. The van der Waals surface area contributed by atoms with Crippen LogP contribution in [0.2, 0.25) is 5.02 Å². The molecule has 0 aliphatic carbocycles. The maximum absolute atomic E-state index is 12.1. The fourth-order valence-electron chi connectivity index (χ4n) is 2.63. The molecule has 0 aromatic heterocycles. The molecule has 0 fully saturated rings. The molecule has 6 heteroatoms. The van der Waals surface area contributed by atoms with Gasteiger partial charge < -0.3 is 14.8 Å². The van der Waals surface area contributed by atoms with Gasteiger partial charge in [-0.3, -0.25) is 4.79 Å². The predicted molar refractivity (Wildman–Crippen MR) is 105 cm³/mol. The lowest BCUT2D eigenvalue weighted by Crippen LogP contribution is -2.33. The Hall–Kier alpha value is -2.53. The molecule has 0 unspecified atom stereocenters. The van der Waals surface area contributed by atoms with Crippen LogP contribution in [0.25, 0.3) is 0 Å². The van der Waals surface area contributed by atoms with Crippen LogP contribution in [0.5, 0.6) is 5.75 Å². The zero-order valence-electron chi connectivity index (χ0n) is 15.5. The Morgan fingerprint density at radius 2 is 1.85 bits per heavy atom. The molecule has 1 N–H and O–H groups in total. The van der Waals surface area contributed by atoms with Gasteiger partial charge in [0.15, 0.2) is 13.2 Å². The molecule has 1 amide bonds. The summed E-state index contributed by atoms with van der Waals surface area (Å²) in [7, 11) is 0. The van der Waals surface area contributed by atoms with Gasteiger partial charge in [0.1, 0.15) is 5.75 Å². The van der Waals surface area contributed by atoms with Gasteiger partial charge in [0.25, 0.3) is 5.91 Å². The van der Waals surface area contributed by atoms with Crippen LogP contribution < -0.4 is 10.1 Å². The fraction of sp³-hybridized carbons (Fsp3) is 0.333. The van der Waals surface area contributed by atoms with Gasteiger partial charge in [-0.05, 0) is 42.7 Å². The third-order valence-electron chi connectivity index (χ3n) is 3.96. The minimum atomic E-state index is -0.605. The first kappa shape index (κ1) is 20.8. The average Bonchev–Trinajstić information content (AvgIpc) is 2.66. The van der Waals surface area contributed by atoms with Crippen LogP contribution in [0.1, 0.15) is 36.9 Å². The van der Waals surface area contributed by atoms with E-state index >= 15 is 0 Å². The molecule has 2 aromatic carbocycles. The summed E-state index contributed by atoms with van der Waals surface area (Å²) in [5.41, 5.74) is 1.85. The molecule has 0 radical (unpaired) electrons. The van der Waals surface area contributed by atoms with E-state index in [9.17, 15) is 9.59 Å². The standard InChI is InChI=1S/C21H24ClNO4/c1-3-7-18(16-8-5-4-6-9-16)23-20(24)13-27-21(25)14-26-19-11-10-17(22)12-15(19)2/h4-6,8-12,18H,3,7,13-14H2,1-2H3,(H,23,24)/t18-/m1/s1. The van der Waals surface area contributed by atoms with E-state index in [4.69, 9.17) is 21.1 Å². The number of hydrogen-bond acceptors (Lipinski definition) is 4. The second kappa shape index (κ2) is 10.6. The van der Waals surface area contributed by atoms with Crippen molar-refractivity contribution in [1.82, 2.24) is 5.32 Å². The van der Waals surface area contributed by atoms with Crippen LogP contribution >= 0.6 is 11.6 Å². The quantitative estimate of drug-likeness (QED) is 0.652. The fourth-order valence-corrected chi connectivity index (χ4v) is 2.86. The first-order chi connectivity index (χ1) is 13.0. The number of nitrogens with one attached hydrogen (secondary N) is 1. The molecule has 0 saturated carbocycles. The molecule has 2 aromatic rings. The summed E-state index contributed by atoms with van der Waals surface area (Å²) in [6.45, 7) is 3.28. The van der Waals surface area contributed by atoms with Crippen molar-refractivity contribution in [2.45, 2.75) is 32.7 Å². The second-order valence-corrected chi connectivity index (χ2v) is 6.62. The molecule has 2 rings (SSSR count). The number of carbonyl (C=O) groups excluding carboxylic acids is 2. The van der Waals surface area contributed by atoms with Gasteiger partial charge in [-0.1, -0.05) is 55.3 Å². The highest BCUT2D eigenvalue weighted by Gasteiger charge is 2.15. The van der Waals surface area contributed by atoms with Crippen molar-refractivity contribution in [2.75, 3.05) is 13.2 Å². The number of aryl methyl sites for hydroxylation is 1. The van der Waals surface area contributed by atoms with Gasteiger partial charge in [-0.25, -0.2) is 4.79 Å². The van der Waals surface area contributed by atoms with E-state index in [1.54, 1.807) is 18.2 Å². The third kappa shape index (κ3) is 6.94. The highest BCUT2D eigenvalue weighted by Crippen LogP contribution is 2.21. The van der Waals surface area contributed by atoms with Gasteiger partial charge in [-0.2, -0.15) is 0 Å². The van der Waals surface area contributed by atoms with Crippen LogP contribution in [0.3, 0.4) is 0 Å². The number of rotatable bonds is 9. The zero-order valence-corrected chi connectivity index (χ0v) is 16.3. The summed E-state index contributed by atoms with van der Waals surface area (Å²) < 4.78 is 10.4. The van der Waals surface area contributed by atoms with Crippen LogP contribution in [-0.4, -0.2) is 25.1 Å². The molecule has 1 atom stereocenters. The Morgan fingerprint density at radius 3 is 2.52 bits per heavy atom. The summed E-state index contributed by atoms with van der Waals surface area (Å²) in [6.07, 6.45) is 1.73. The Morgan fingerprint density at radius 1 is 1.11 bits per heavy atom. The Bertz CT molecular complexity index is 764. The highest BCUT2D eigenvalue weighted by atomic mass is 35.5. The average molecular weight is 390 g/mol. The Kier molecular flexibility index (Phi) is 8.14. The summed E-state index contributed by atoms with van der Waals surface area (Å²) in [6, 6.07) is 14.7. The third-order valence-corrected chi connectivity index (χ3v) is 4.20. The minimum absolute atomic E-state index is 0.102. The van der Waals surface area contributed by atoms with Gasteiger partial charge in [0, 0.05) is 5.02 Å². The van der Waals surface area contributed by atoms with Crippen molar-refractivity contribution >= 4 is 23.5 Å². The number of ether oxygens (including phenoxy) is 2. The van der Waals surface area contributed by atoms with E-state index in [2.05, 4.69) is 12.2 Å². The largest absolute Gasteiger partial charge is 0.482 e. The number of esters is 1. The molecule has 0 aliphatic heterocycles. The molecule has 144 valence electrons. The van der Waals surface area contributed by atoms with Crippen molar-refractivity contribution in [3.05, 3.63) is 64.7 Å². The van der Waals surface area contributed by atoms with E-state index in [1.165, 1.54) is 0 Å². The monoisotopic (exact) mass is 389 g/mol. The number of benzene rings is 2. The molecule has 0 bridgehead atoms. The number of halogens is 1. The van der Waals surface area contributed by atoms with E-state index in [1.807, 2.05) is 37.3 Å². The lowest BCUT2D eigenvalue weighted by Gasteiger charge is -2.18. The van der Waals surface area contributed by atoms with Gasteiger partial charge in [-0.15, -0.1) is 0 Å². The summed E-state index contributed by atoms with van der Waals surface area (Å²) in [5.74, 6) is -0.396. The maximum atomic E-state index is 12.1. The lowest BCUT2D eigenvalue weighted by atomic mass is 10.0. The Balaban J connectivity index is 1.79. The molecule has 0 aliphatic rings. The topological polar surface area (TPSA) is 64.6 Å². The summed E-state index contributed by atoms with van der Waals surface area (Å²) in [5, 5.41) is 3.50. The van der Waals surface area contributed by atoms with Crippen LogP contribution in [0, 0.1) is 6.92 Å². The van der Waals surface area contributed by atoms with Crippen LogP contribution in [-0.2, 0) is 14.3 Å². The van der Waals surface area contributed by atoms with Crippen LogP contribution in [0.15, 0.2) is 48.5 Å². The highest BCUT2D eigenvalue weighted by molar-refractivity contribution is 6.30. The van der Waals surface area contributed by atoms with Crippen molar-refractivity contribution in [2.24, 2.45) is 0 Å². The van der Waals surface area contributed by atoms with Crippen molar-refractivity contribution in [3.8, 4) is 5.75 Å². The van der Waals surface area contributed by atoms with E-state index in [-0.39, 0.29) is 25.2 Å². The van der Waals surface area contributed by atoms with Crippen molar-refractivity contribution in [1.29, 1.82) is 0 Å². The minimum Gasteiger partial charge on any atom is -0.482 e. The summed E-state index contributed by atoms with van der Waals surface area (Å²) in [4.78, 5) is 24.0. The maximum Gasteiger partial charge on any atom is 0.344 e. The molecule has 5 nitrogen and oxygen atoms in total. The molecule has 0 heterocycles. The Labute approximate surface area is 164 Å². The second-order valence-electron chi connectivity index (χ2n) is 6.18. The lowest BCUT2D eigenvalue weighted by molar-refractivity contribution is -0.150. The molecule has 0 saturated heterocycles. The van der Waals surface area contributed by atoms with Crippen LogP contribution in [0.4, 0.5) is 0 Å². The first-order valence-electron chi connectivity index (χ1n) is 8.88. The predicted octanol–water partition coefficient (Wildman–Crippen LogP) is 4.23. The number of amides is 1. The van der Waals surface area contributed by atoms with E-state index in [0.717, 1.165) is 24.0 Å². The summed E-state index contributed by atoms with van der Waals surface area (Å²) >= 11 is 5.88. The SMILES string of the molecule is CCC[C@@H](NC(=O)COC(=O)COc1ccc(Cl)cc1C)c1ccccc1. The number of hydrogen-bond donors (Lipinski definition) is 1. The van der Waals surface area contributed by atoms with Gasteiger partial charge >= 0.3 is 5.97 Å². The van der Waals surface area contributed by atoms with Crippen molar-refractivity contribution in [3.63, 3.8) is 0 Å². The molecule has 27 heavy (non-hydrogen) atoms. The molecular formula is C21H24ClNO4. The van der Waals surface area contributed by atoms with Gasteiger partial charge in [0.05, 0.1) is 6.04 Å². The molecular weight excluding hydrogens is 366 g/mol. The zero-order chi connectivity index (χ0) is 19.6. The normalized spacial score (nSPS) is 11.5. The first-order valence-corrected chi connectivity index (χ1v) is 9.26. The van der Waals surface area contributed by atoms with Gasteiger partial charge in [0.2, 0.25) is 0 Å². The van der Waals surface area contributed by atoms with E-state index in [0.29, 0.717) is 10.8 Å². The van der Waals surface area contributed by atoms with Crippen molar-refractivity contribution < 1.29 is 19.1 Å².